The van der Waals surface area contributed by atoms with E-state index in [4.69, 9.17) is 16.4 Å². The smallest absolute Gasteiger partial charge is 0.361 e. The third-order valence-corrected chi connectivity index (χ3v) is 7.22. The van der Waals surface area contributed by atoms with E-state index in [2.05, 4.69) is 15.2 Å². The van der Waals surface area contributed by atoms with Crippen molar-refractivity contribution in [2.24, 2.45) is 5.92 Å². The molecule has 5 rings (SSSR count). The lowest BCUT2D eigenvalue weighted by Gasteiger charge is -2.43. The van der Waals surface area contributed by atoms with Gasteiger partial charge < -0.3 is 20.0 Å². The number of amides is 1. The van der Waals surface area contributed by atoms with Crippen molar-refractivity contribution in [3.63, 3.8) is 0 Å². The van der Waals surface area contributed by atoms with Crippen molar-refractivity contribution in [3.8, 4) is 0 Å². The lowest BCUT2D eigenvalue weighted by Crippen LogP contribution is -2.59. The van der Waals surface area contributed by atoms with Gasteiger partial charge in [0.1, 0.15) is 12.0 Å². The molecule has 2 aliphatic rings. The third-order valence-electron chi connectivity index (χ3n) is 6.91. The van der Waals surface area contributed by atoms with Crippen LogP contribution in [0.3, 0.4) is 0 Å². The summed E-state index contributed by atoms with van der Waals surface area (Å²) in [5.74, 6) is -3.50. The number of likely N-dealkylation sites (tertiary alicyclic amines) is 1. The zero-order valence-electron chi connectivity index (χ0n) is 19.4. The highest BCUT2D eigenvalue weighted by atomic mass is 35.5. The molecule has 0 radical (unpaired) electrons. The summed E-state index contributed by atoms with van der Waals surface area (Å²) in [5.41, 5.74) is 1.76. The van der Waals surface area contributed by atoms with Crippen molar-refractivity contribution < 1.29 is 32.0 Å². The molecule has 0 aliphatic carbocycles. The van der Waals surface area contributed by atoms with Crippen LogP contribution in [0.1, 0.15) is 28.8 Å². The molecule has 37 heavy (non-hydrogen) atoms. The fourth-order valence-corrected chi connectivity index (χ4v) is 5.28. The first-order valence-electron chi connectivity index (χ1n) is 11.8. The van der Waals surface area contributed by atoms with Crippen molar-refractivity contribution in [2.45, 2.75) is 31.6 Å². The van der Waals surface area contributed by atoms with E-state index in [0.29, 0.717) is 25.9 Å². The summed E-state index contributed by atoms with van der Waals surface area (Å²) in [4.78, 5) is 34.6. The number of piperidine rings is 1. The van der Waals surface area contributed by atoms with Crippen molar-refractivity contribution in [1.29, 1.82) is 0 Å². The van der Waals surface area contributed by atoms with E-state index in [0.717, 1.165) is 34.5 Å². The SMILES string of the molecule is O=C1NC(C2CCN(CCc3c[nH]c4cc(F)ccc34)CC2)N(OC(=O)C(F)(F)F)c2cccc(Cl)c21. The molecule has 2 N–H and O–H groups in total. The fourth-order valence-electron chi connectivity index (χ4n) is 5.03. The van der Waals surface area contributed by atoms with Gasteiger partial charge in [0, 0.05) is 29.6 Å². The number of carbonyl (C=O) groups is 2. The van der Waals surface area contributed by atoms with Gasteiger partial charge in [-0.25, -0.2) is 9.18 Å². The molecule has 1 fully saturated rings. The molecule has 1 saturated heterocycles. The van der Waals surface area contributed by atoms with E-state index in [1.165, 1.54) is 30.3 Å². The minimum absolute atomic E-state index is 0.0112. The summed E-state index contributed by atoms with van der Waals surface area (Å²) in [6.45, 7) is 2.01. The van der Waals surface area contributed by atoms with Crippen LogP contribution in [0.5, 0.6) is 0 Å². The van der Waals surface area contributed by atoms with Crippen LogP contribution in [-0.2, 0) is 16.1 Å². The Balaban J connectivity index is 1.28. The zero-order valence-corrected chi connectivity index (χ0v) is 20.2. The van der Waals surface area contributed by atoms with Crippen molar-refractivity contribution in [1.82, 2.24) is 15.2 Å². The first kappa shape index (κ1) is 25.3. The number of benzene rings is 2. The normalized spacial score (nSPS) is 19.1. The number of H-pyrrole nitrogens is 1. The molecule has 2 aliphatic heterocycles. The van der Waals surface area contributed by atoms with Gasteiger partial charge in [-0.3, -0.25) is 4.79 Å². The number of aromatic amines is 1. The van der Waals surface area contributed by atoms with Gasteiger partial charge in [0.25, 0.3) is 5.91 Å². The summed E-state index contributed by atoms with van der Waals surface area (Å²) in [6, 6.07) is 8.94. The van der Waals surface area contributed by atoms with Crippen LogP contribution in [0, 0.1) is 11.7 Å². The fraction of sp³-hybridized carbons (Fsp3) is 0.360. The number of anilines is 1. The number of halogens is 5. The molecular formula is C25H23ClF4N4O3. The van der Waals surface area contributed by atoms with Gasteiger partial charge in [-0.05, 0) is 68.2 Å². The van der Waals surface area contributed by atoms with E-state index in [-0.39, 0.29) is 28.0 Å². The lowest BCUT2D eigenvalue weighted by atomic mass is 9.91. The summed E-state index contributed by atoms with van der Waals surface area (Å²) in [7, 11) is 0. The standard InChI is InChI=1S/C25H23ClF4N4O3/c26-18-2-1-3-20-21(18)23(35)32-22(34(20)37-24(36)25(28,29)30)14-6-9-33(10-7-14)11-8-15-13-31-19-12-16(27)4-5-17(15)19/h1-5,12-14,22,31H,6-11H2,(H,32,35). The predicted octanol–water partition coefficient (Wildman–Crippen LogP) is 4.81. The Bertz CT molecular complexity index is 1340. The van der Waals surface area contributed by atoms with E-state index < -0.39 is 24.2 Å². The number of fused-ring (bicyclic) bond motifs is 2. The maximum atomic E-state index is 13.4. The second-order valence-electron chi connectivity index (χ2n) is 9.19. The Labute approximate surface area is 214 Å². The molecule has 3 aromatic rings. The Kier molecular flexibility index (Phi) is 6.76. The molecule has 12 heteroatoms. The second-order valence-corrected chi connectivity index (χ2v) is 9.59. The number of alkyl halides is 3. The maximum Gasteiger partial charge on any atom is 0.493 e. The maximum absolute atomic E-state index is 13.4. The summed E-state index contributed by atoms with van der Waals surface area (Å²) >= 11 is 6.12. The van der Waals surface area contributed by atoms with E-state index in [9.17, 15) is 27.2 Å². The summed E-state index contributed by atoms with van der Waals surface area (Å²) in [5, 5.41) is 4.52. The van der Waals surface area contributed by atoms with Gasteiger partial charge in [0.15, 0.2) is 0 Å². The Morgan fingerprint density at radius 3 is 2.65 bits per heavy atom. The van der Waals surface area contributed by atoms with E-state index in [1.54, 1.807) is 6.07 Å². The number of hydroxylamine groups is 1. The highest BCUT2D eigenvalue weighted by molar-refractivity contribution is 6.34. The van der Waals surface area contributed by atoms with Crippen LogP contribution in [-0.4, -0.2) is 53.7 Å². The van der Waals surface area contributed by atoms with Crippen LogP contribution in [0.2, 0.25) is 5.02 Å². The average Bonchev–Trinajstić information content (AvgIpc) is 3.25. The Hall–Kier alpha value is -3.31. The molecule has 0 bridgehead atoms. The minimum atomic E-state index is -5.21. The number of nitrogens with zero attached hydrogens (tertiary/aromatic N) is 2. The largest absolute Gasteiger partial charge is 0.493 e. The predicted molar refractivity (Wildman–Crippen MR) is 128 cm³/mol. The monoisotopic (exact) mass is 538 g/mol. The van der Waals surface area contributed by atoms with Crippen LogP contribution >= 0.6 is 11.6 Å². The van der Waals surface area contributed by atoms with Crippen LogP contribution in [0.4, 0.5) is 23.2 Å². The Morgan fingerprint density at radius 1 is 1.16 bits per heavy atom. The van der Waals surface area contributed by atoms with Crippen molar-refractivity contribution in [2.75, 3.05) is 24.7 Å². The first-order chi connectivity index (χ1) is 17.6. The van der Waals surface area contributed by atoms with Gasteiger partial charge in [0.05, 0.1) is 16.3 Å². The summed E-state index contributed by atoms with van der Waals surface area (Å²) in [6.07, 6.45) is -2.47. The lowest BCUT2D eigenvalue weighted by molar-refractivity contribution is -0.203. The Morgan fingerprint density at radius 2 is 1.92 bits per heavy atom. The number of rotatable bonds is 5. The quantitative estimate of drug-likeness (QED) is 0.456. The average molecular weight is 539 g/mol. The molecule has 1 amide bonds. The molecule has 196 valence electrons. The number of aromatic nitrogens is 1. The van der Waals surface area contributed by atoms with Gasteiger partial charge in [-0.2, -0.15) is 18.2 Å². The van der Waals surface area contributed by atoms with Crippen LogP contribution < -0.4 is 10.4 Å². The minimum Gasteiger partial charge on any atom is -0.361 e. The molecule has 7 nitrogen and oxygen atoms in total. The second kappa shape index (κ2) is 9.86. The number of hydrogen-bond donors (Lipinski definition) is 2. The molecule has 1 atom stereocenters. The number of hydrogen-bond acceptors (Lipinski definition) is 5. The molecule has 0 spiro atoms. The number of nitrogens with one attached hydrogen (secondary N) is 2. The summed E-state index contributed by atoms with van der Waals surface area (Å²) < 4.78 is 52.5. The van der Waals surface area contributed by atoms with Crippen molar-refractivity contribution in [3.05, 3.63) is 64.6 Å². The highest BCUT2D eigenvalue weighted by Gasteiger charge is 2.47. The highest BCUT2D eigenvalue weighted by Crippen LogP contribution is 2.37. The molecule has 2 aromatic carbocycles. The first-order valence-corrected chi connectivity index (χ1v) is 12.1. The van der Waals surface area contributed by atoms with Crippen LogP contribution in [0.15, 0.2) is 42.6 Å². The van der Waals surface area contributed by atoms with E-state index in [1.807, 2.05) is 6.20 Å². The van der Waals surface area contributed by atoms with E-state index >= 15 is 0 Å². The molecule has 1 aromatic heterocycles. The molecular weight excluding hydrogens is 516 g/mol. The molecule has 3 heterocycles. The number of carbonyl (C=O) groups excluding carboxylic acids is 2. The van der Waals surface area contributed by atoms with Crippen molar-refractivity contribution >= 4 is 40.1 Å². The topological polar surface area (TPSA) is 77.7 Å². The van der Waals surface area contributed by atoms with Gasteiger partial charge in [0.2, 0.25) is 0 Å². The van der Waals surface area contributed by atoms with Gasteiger partial charge in [-0.1, -0.05) is 17.7 Å². The molecule has 1 unspecified atom stereocenters. The molecule has 0 saturated carbocycles. The van der Waals surface area contributed by atoms with Crippen LogP contribution in [0.25, 0.3) is 10.9 Å². The zero-order chi connectivity index (χ0) is 26.3. The van der Waals surface area contributed by atoms with Gasteiger partial charge in [-0.15, -0.1) is 0 Å². The third kappa shape index (κ3) is 5.10. The van der Waals surface area contributed by atoms with Gasteiger partial charge >= 0.3 is 12.1 Å².